The van der Waals surface area contributed by atoms with Crippen molar-refractivity contribution < 1.29 is 0 Å². The summed E-state index contributed by atoms with van der Waals surface area (Å²) in [5.74, 6) is 0. The third kappa shape index (κ3) is 5.04. The minimum atomic E-state index is -0.133. The van der Waals surface area contributed by atoms with Crippen LogP contribution in [0.4, 0.5) is 17.1 Å². The van der Waals surface area contributed by atoms with Gasteiger partial charge in [0.05, 0.1) is 0 Å². The summed E-state index contributed by atoms with van der Waals surface area (Å²) in [5.41, 5.74) is 19.1. The molecule has 0 spiro atoms. The molecule has 0 saturated carbocycles. The summed E-state index contributed by atoms with van der Waals surface area (Å²) < 4.78 is 2.67. The fourth-order valence-electron chi connectivity index (χ4n) is 10.7. The number of hydrogen-bond acceptors (Lipinski definition) is 2. The maximum atomic E-state index is 2.46. The van der Waals surface area contributed by atoms with E-state index in [1.807, 2.05) is 11.3 Å². The van der Waals surface area contributed by atoms with Gasteiger partial charge in [-0.25, -0.2) is 0 Å². The predicted molar refractivity (Wildman–Crippen MR) is 258 cm³/mol. The van der Waals surface area contributed by atoms with Crippen molar-refractivity contribution in [2.24, 2.45) is 0 Å². The molecule has 2 aliphatic carbocycles. The Morgan fingerprint density at radius 1 is 0.350 bits per heavy atom. The van der Waals surface area contributed by atoms with Crippen LogP contribution in [0, 0.1) is 0 Å². The Labute approximate surface area is 355 Å². The van der Waals surface area contributed by atoms with Gasteiger partial charge >= 0.3 is 0 Å². The molecular formula is C58H43NS. The van der Waals surface area contributed by atoms with Crippen LogP contribution < -0.4 is 4.90 Å². The van der Waals surface area contributed by atoms with Gasteiger partial charge in [-0.2, -0.15) is 0 Å². The number of nitrogens with zero attached hydrogens (tertiary/aromatic N) is 1. The van der Waals surface area contributed by atoms with E-state index >= 15 is 0 Å². The summed E-state index contributed by atoms with van der Waals surface area (Å²) in [6.07, 6.45) is 0. The van der Waals surface area contributed by atoms with Gasteiger partial charge in [-0.3, -0.25) is 0 Å². The van der Waals surface area contributed by atoms with Crippen molar-refractivity contribution >= 4 is 59.3 Å². The first kappa shape index (κ1) is 35.2. The van der Waals surface area contributed by atoms with Crippen LogP contribution >= 0.6 is 11.3 Å². The van der Waals surface area contributed by atoms with Crippen LogP contribution in [0.25, 0.3) is 75.5 Å². The first-order valence-electron chi connectivity index (χ1n) is 21.1. The Kier molecular flexibility index (Phi) is 7.56. The molecule has 10 aromatic rings. The average molecular weight is 786 g/mol. The first-order valence-corrected chi connectivity index (χ1v) is 21.9. The smallest absolute Gasteiger partial charge is 0.0465 e. The molecule has 1 heterocycles. The Balaban J connectivity index is 1.03. The fraction of sp³-hybridized carbons (Fsp3) is 0.103. The summed E-state index contributed by atoms with van der Waals surface area (Å²) in [6, 6.07) is 70.2. The zero-order valence-corrected chi connectivity index (χ0v) is 35.1. The molecule has 0 N–H and O–H groups in total. The predicted octanol–water partition coefficient (Wildman–Crippen LogP) is 16.6. The van der Waals surface area contributed by atoms with Crippen LogP contribution in [0.15, 0.2) is 188 Å². The van der Waals surface area contributed by atoms with Gasteiger partial charge in [0, 0.05) is 48.1 Å². The number of benzene rings is 9. The summed E-state index contributed by atoms with van der Waals surface area (Å²) in [7, 11) is 0. The van der Waals surface area contributed by atoms with E-state index in [0.29, 0.717) is 0 Å². The molecule has 0 bridgehead atoms. The van der Waals surface area contributed by atoms with E-state index in [2.05, 4.69) is 221 Å². The molecule has 9 aromatic carbocycles. The van der Waals surface area contributed by atoms with E-state index in [1.165, 1.54) is 97.7 Å². The lowest BCUT2D eigenvalue weighted by Crippen LogP contribution is -2.16. The van der Waals surface area contributed by atoms with Gasteiger partial charge in [-0.1, -0.05) is 167 Å². The minimum absolute atomic E-state index is 0.100. The molecule has 0 fully saturated rings. The van der Waals surface area contributed by atoms with Crippen molar-refractivity contribution in [2.45, 2.75) is 38.5 Å². The molecule has 286 valence electrons. The van der Waals surface area contributed by atoms with Crippen molar-refractivity contribution in [1.82, 2.24) is 0 Å². The van der Waals surface area contributed by atoms with E-state index < -0.39 is 0 Å². The first-order chi connectivity index (χ1) is 29.3. The molecule has 1 nitrogen and oxygen atoms in total. The number of hydrogen-bond donors (Lipinski definition) is 0. The normalized spacial score (nSPS) is 14.3. The van der Waals surface area contributed by atoms with E-state index in [0.717, 1.165) is 17.1 Å². The highest BCUT2D eigenvalue weighted by Crippen LogP contribution is 2.56. The maximum absolute atomic E-state index is 2.46. The third-order valence-corrected chi connectivity index (χ3v) is 14.8. The molecule has 0 atom stereocenters. The van der Waals surface area contributed by atoms with Gasteiger partial charge < -0.3 is 4.90 Å². The van der Waals surface area contributed by atoms with Crippen molar-refractivity contribution in [3.05, 3.63) is 210 Å². The topological polar surface area (TPSA) is 3.24 Å². The molecule has 2 aliphatic rings. The number of rotatable bonds is 5. The van der Waals surface area contributed by atoms with Crippen LogP contribution in [0.3, 0.4) is 0 Å². The highest BCUT2D eigenvalue weighted by Gasteiger charge is 2.38. The highest BCUT2D eigenvalue weighted by molar-refractivity contribution is 7.26. The summed E-state index contributed by atoms with van der Waals surface area (Å²) in [4.78, 5) is 2.43. The second-order valence-corrected chi connectivity index (χ2v) is 18.8. The Hall–Kier alpha value is -6.74. The van der Waals surface area contributed by atoms with Crippen molar-refractivity contribution in [3.8, 4) is 44.5 Å². The van der Waals surface area contributed by atoms with Crippen molar-refractivity contribution in [3.63, 3.8) is 0 Å². The van der Waals surface area contributed by atoms with Gasteiger partial charge in [-0.15, -0.1) is 11.3 Å². The third-order valence-electron chi connectivity index (χ3n) is 13.7. The van der Waals surface area contributed by atoms with Crippen LogP contribution in [-0.4, -0.2) is 0 Å². The largest absolute Gasteiger partial charge is 0.310 e. The summed E-state index contributed by atoms with van der Waals surface area (Å²) in [5, 5.41) is 5.44. The molecule has 0 saturated heterocycles. The zero-order valence-electron chi connectivity index (χ0n) is 34.3. The molecule has 60 heavy (non-hydrogen) atoms. The molecule has 0 unspecified atom stereocenters. The minimum Gasteiger partial charge on any atom is -0.310 e. The monoisotopic (exact) mass is 785 g/mol. The lowest BCUT2D eigenvalue weighted by atomic mass is 9.78. The van der Waals surface area contributed by atoms with Crippen molar-refractivity contribution in [2.75, 3.05) is 4.90 Å². The molecule has 0 amide bonds. The van der Waals surface area contributed by atoms with Gasteiger partial charge in [0.25, 0.3) is 0 Å². The lowest BCUT2D eigenvalue weighted by molar-refractivity contribution is 0.660. The van der Waals surface area contributed by atoms with Crippen LogP contribution in [0.1, 0.15) is 49.9 Å². The van der Waals surface area contributed by atoms with E-state index in [4.69, 9.17) is 0 Å². The van der Waals surface area contributed by atoms with Gasteiger partial charge in [0.15, 0.2) is 0 Å². The quantitative estimate of drug-likeness (QED) is 0.168. The number of thiophene rings is 1. The second-order valence-electron chi connectivity index (χ2n) is 17.7. The van der Waals surface area contributed by atoms with E-state index in [9.17, 15) is 0 Å². The molecule has 0 radical (unpaired) electrons. The Morgan fingerprint density at radius 3 is 1.63 bits per heavy atom. The summed E-state index contributed by atoms with van der Waals surface area (Å²) >= 11 is 1.91. The molecule has 0 aliphatic heterocycles. The van der Waals surface area contributed by atoms with Gasteiger partial charge in [0.1, 0.15) is 0 Å². The van der Waals surface area contributed by atoms with Crippen LogP contribution in [-0.2, 0) is 10.8 Å². The maximum Gasteiger partial charge on any atom is 0.0465 e. The standard InChI is InChI=1S/C58H43NS/c1-57(2)49-19-11-8-16-42(49)44-31-30-41(34-51(44)57)59(39-26-22-37(23-27-39)36-14-6-5-7-15-36)40-28-24-38(25-29-40)48-35-53-54(47-18-10-13-21-52(47)60-53)55-45(48)32-33-46-43-17-9-12-20-50(43)58(3,4)56(46)55/h5-35H,1-4H3. The van der Waals surface area contributed by atoms with Gasteiger partial charge in [-0.05, 0) is 126 Å². The lowest BCUT2D eigenvalue weighted by Gasteiger charge is -2.28. The number of anilines is 3. The SMILES string of the molecule is CC1(C)c2ccccc2-c2ccc(N(c3ccc(-c4ccccc4)cc3)c3ccc(-c4cc5sc6ccccc6c5c5c6c(ccc45)-c4ccccc4C6(C)C)cc3)cc21. The van der Waals surface area contributed by atoms with Gasteiger partial charge in [0.2, 0.25) is 0 Å². The van der Waals surface area contributed by atoms with Crippen LogP contribution in [0.5, 0.6) is 0 Å². The summed E-state index contributed by atoms with van der Waals surface area (Å²) in [6.45, 7) is 9.56. The highest BCUT2D eigenvalue weighted by atomic mass is 32.1. The van der Waals surface area contributed by atoms with E-state index in [1.54, 1.807) is 0 Å². The molecule has 1 aromatic heterocycles. The Bertz CT molecular complexity index is 3350. The number of fused-ring (bicyclic) bond motifs is 12. The molecular weight excluding hydrogens is 743 g/mol. The van der Waals surface area contributed by atoms with Crippen LogP contribution in [0.2, 0.25) is 0 Å². The second kappa shape index (κ2) is 12.9. The zero-order chi connectivity index (χ0) is 40.3. The average Bonchev–Trinajstić information content (AvgIpc) is 3.86. The van der Waals surface area contributed by atoms with E-state index in [-0.39, 0.29) is 10.8 Å². The fourth-order valence-corrected chi connectivity index (χ4v) is 11.9. The van der Waals surface area contributed by atoms with Crippen molar-refractivity contribution in [1.29, 1.82) is 0 Å². The molecule has 12 rings (SSSR count). The Morgan fingerprint density at radius 2 is 0.900 bits per heavy atom. The molecule has 2 heteroatoms.